The van der Waals surface area contributed by atoms with Crippen molar-refractivity contribution < 1.29 is 17.9 Å². The number of methoxy groups -OCH3 is 1. The lowest BCUT2D eigenvalue weighted by atomic mass is 10.1. The van der Waals surface area contributed by atoms with Crippen LogP contribution in [0.5, 0.6) is 5.75 Å². The molecule has 1 heterocycles. The van der Waals surface area contributed by atoms with Gasteiger partial charge in [0.1, 0.15) is 17.0 Å². The van der Waals surface area contributed by atoms with Gasteiger partial charge in [-0.15, -0.1) is 0 Å². The van der Waals surface area contributed by atoms with Crippen LogP contribution in [0.2, 0.25) is 0 Å². The summed E-state index contributed by atoms with van der Waals surface area (Å²) < 4.78 is 44.6. The SMILES string of the molecule is CCNc1cc(C(F)(F)F)nc2c(OC)ccc(Br)c12. The van der Waals surface area contributed by atoms with Gasteiger partial charge in [0.2, 0.25) is 0 Å². The van der Waals surface area contributed by atoms with Crippen LogP contribution in [0, 0.1) is 0 Å². The van der Waals surface area contributed by atoms with Crippen molar-refractivity contribution in [1.29, 1.82) is 0 Å². The number of halogens is 4. The molecule has 3 nitrogen and oxygen atoms in total. The number of hydrogen-bond donors (Lipinski definition) is 1. The van der Waals surface area contributed by atoms with Crippen LogP contribution in [0.25, 0.3) is 10.9 Å². The summed E-state index contributed by atoms with van der Waals surface area (Å²) >= 11 is 3.34. The topological polar surface area (TPSA) is 34.2 Å². The fraction of sp³-hybridized carbons (Fsp3) is 0.308. The number of anilines is 1. The van der Waals surface area contributed by atoms with Gasteiger partial charge in [-0.25, -0.2) is 4.98 Å². The zero-order valence-electron chi connectivity index (χ0n) is 10.8. The van der Waals surface area contributed by atoms with E-state index in [1.807, 2.05) is 6.92 Å². The molecule has 0 aliphatic rings. The quantitative estimate of drug-likeness (QED) is 0.889. The Hall–Kier alpha value is -1.50. The number of hydrogen-bond acceptors (Lipinski definition) is 3. The van der Waals surface area contributed by atoms with E-state index in [-0.39, 0.29) is 5.52 Å². The molecular formula is C13H12BrF3N2O. The molecule has 1 N–H and O–H groups in total. The van der Waals surface area contributed by atoms with Crippen LogP contribution in [0.1, 0.15) is 12.6 Å². The lowest BCUT2D eigenvalue weighted by molar-refractivity contribution is -0.140. The molecular weight excluding hydrogens is 337 g/mol. The minimum atomic E-state index is -4.51. The van der Waals surface area contributed by atoms with Crippen LogP contribution in [-0.4, -0.2) is 18.6 Å². The van der Waals surface area contributed by atoms with Crippen molar-refractivity contribution in [2.75, 3.05) is 19.0 Å². The molecule has 0 saturated heterocycles. The zero-order valence-corrected chi connectivity index (χ0v) is 12.4. The van der Waals surface area contributed by atoms with Crippen LogP contribution in [0.4, 0.5) is 18.9 Å². The molecule has 7 heteroatoms. The molecule has 1 aromatic heterocycles. The highest BCUT2D eigenvalue weighted by atomic mass is 79.9. The third-order valence-corrected chi connectivity index (χ3v) is 3.41. The normalized spacial score (nSPS) is 11.7. The first-order valence-electron chi connectivity index (χ1n) is 5.86. The van der Waals surface area contributed by atoms with Crippen molar-refractivity contribution in [3.63, 3.8) is 0 Å². The van der Waals surface area contributed by atoms with Crippen LogP contribution in [0.3, 0.4) is 0 Å². The first-order chi connectivity index (χ1) is 9.38. The molecule has 0 amide bonds. The van der Waals surface area contributed by atoms with Crippen molar-refractivity contribution in [3.8, 4) is 5.75 Å². The lowest BCUT2D eigenvalue weighted by Crippen LogP contribution is -2.10. The van der Waals surface area contributed by atoms with Gasteiger partial charge in [0, 0.05) is 22.1 Å². The Kier molecular flexibility index (Phi) is 4.08. The number of ether oxygens (including phenoxy) is 1. The van der Waals surface area contributed by atoms with Gasteiger partial charge in [-0.2, -0.15) is 13.2 Å². The monoisotopic (exact) mass is 348 g/mol. The van der Waals surface area contributed by atoms with Crippen LogP contribution < -0.4 is 10.1 Å². The van der Waals surface area contributed by atoms with Gasteiger partial charge in [0.25, 0.3) is 0 Å². The molecule has 0 aliphatic heterocycles. The van der Waals surface area contributed by atoms with Gasteiger partial charge < -0.3 is 10.1 Å². The van der Waals surface area contributed by atoms with Gasteiger partial charge in [0.05, 0.1) is 7.11 Å². The summed E-state index contributed by atoms with van der Waals surface area (Å²) in [7, 11) is 1.40. The number of pyridine rings is 1. The minimum absolute atomic E-state index is 0.174. The molecule has 108 valence electrons. The van der Waals surface area contributed by atoms with Gasteiger partial charge in [-0.05, 0) is 25.1 Å². The average Bonchev–Trinajstić information content (AvgIpc) is 2.38. The van der Waals surface area contributed by atoms with Crippen LogP contribution in [-0.2, 0) is 6.18 Å². The molecule has 1 aromatic carbocycles. The molecule has 2 rings (SSSR count). The highest BCUT2D eigenvalue weighted by Gasteiger charge is 2.34. The average molecular weight is 349 g/mol. The Morgan fingerprint density at radius 3 is 2.60 bits per heavy atom. The summed E-state index contributed by atoms with van der Waals surface area (Å²) in [6.45, 7) is 2.31. The van der Waals surface area contributed by atoms with Gasteiger partial charge >= 0.3 is 6.18 Å². The maximum Gasteiger partial charge on any atom is 0.433 e. The Balaban J connectivity index is 2.84. The third kappa shape index (κ3) is 2.67. The number of alkyl halides is 3. The summed E-state index contributed by atoms with van der Waals surface area (Å²) in [6.07, 6.45) is -4.51. The van der Waals surface area contributed by atoms with E-state index in [4.69, 9.17) is 4.74 Å². The van der Waals surface area contributed by atoms with Gasteiger partial charge in [-0.1, -0.05) is 15.9 Å². The lowest BCUT2D eigenvalue weighted by Gasteiger charge is -2.15. The molecule has 20 heavy (non-hydrogen) atoms. The number of fused-ring (bicyclic) bond motifs is 1. The van der Waals surface area contributed by atoms with E-state index in [9.17, 15) is 13.2 Å². The molecule has 0 fully saturated rings. The molecule has 0 spiro atoms. The molecule has 0 aliphatic carbocycles. The largest absolute Gasteiger partial charge is 0.494 e. The molecule has 0 unspecified atom stereocenters. The first-order valence-corrected chi connectivity index (χ1v) is 6.66. The number of aromatic nitrogens is 1. The Bertz CT molecular complexity index is 644. The second kappa shape index (κ2) is 5.47. The summed E-state index contributed by atoms with van der Waals surface area (Å²) in [4.78, 5) is 3.70. The Morgan fingerprint density at radius 1 is 1.35 bits per heavy atom. The van der Waals surface area contributed by atoms with Crippen LogP contribution >= 0.6 is 15.9 Å². The first kappa shape index (κ1) is 14.9. The summed E-state index contributed by atoms with van der Waals surface area (Å²) in [5.74, 6) is 0.299. The van der Waals surface area contributed by atoms with Crippen molar-refractivity contribution in [1.82, 2.24) is 4.98 Å². The zero-order chi connectivity index (χ0) is 14.9. The molecule has 0 bridgehead atoms. The van der Waals surface area contributed by atoms with E-state index in [0.29, 0.717) is 27.8 Å². The number of nitrogens with zero attached hydrogens (tertiary/aromatic N) is 1. The summed E-state index contributed by atoms with van der Waals surface area (Å²) in [5.41, 5.74) is -0.402. The number of benzene rings is 1. The predicted octanol–water partition coefficient (Wildman–Crippen LogP) is 4.46. The van der Waals surface area contributed by atoms with Crippen molar-refractivity contribution in [2.45, 2.75) is 13.1 Å². The second-order valence-corrected chi connectivity index (χ2v) is 4.91. The Morgan fingerprint density at radius 2 is 2.05 bits per heavy atom. The summed E-state index contributed by atoms with van der Waals surface area (Å²) in [5, 5.41) is 3.50. The third-order valence-electron chi connectivity index (χ3n) is 2.75. The van der Waals surface area contributed by atoms with E-state index in [1.165, 1.54) is 7.11 Å². The van der Waals surface area contributed by atoms with Gasteiger partial charge in [-0.3, -0.25) is 0 Å². The highest BCUT2D eigenvalue weighted by Crippen LogP contribution is 2.39. The highest BCUT2D eigenvalue weighted by molar-refractivity contribution is 9.10. The standard InChI is InChI=1S/C13H12BrF3N2O/c1-3-18-8-6-10(13(15,16)17)19-12-9(20-2)5-4-7(14)11(8)12/h4-6H,3H2,1-2H3,(H,18,19). The fourth-order valence-corrected chi connectivity index (χ4v) is 2.45. The predicted molar refractivity (Wildman–Crippen MR) is 75.2 cm³/mol. The Labute approximate surface area is 122 Å². The molecule has 0 atom stereocenters. The van der Waals surface area contributed by atoms with E-state index < -0.39 is 11.9 Å². The number of nitrogens with one attached hydrogen (secondary N) is 1. The smallest absolute Gasteiger partial charge is 0.433 e. The van der Waals surface area contributed by atoms with Crippen molar-refractivity contribution in [2.24, 2.45) is 0 Å². The van der Waals surface area contributed by atoms with Crippen molar-refractivity contribution in [3.05, 3.63) is 28.4 Å². The molecule has 2 aromatic rings. The molecule has 0 radical (unpaired) electrons. The minimum Gasteiger partial charge on any atom is -0.494 e. The second-order valence-electron chi connectivity index (χ2n) is 4.06. The maximum absolute atomic E-state index is 12.9. The number of rotatable bonds is 3. The summed E-state index contributed by atoms with van der Waals surface area (Å²) in [6, 6.07) is 4.31. The van der Waals surface area contributed by atoms with Gasteiger partial charge in [0.15, 0.2) is 0 Å². The van der Waals surface area contributed by atoms with E-state index in [2.05, 4.69) is 26.2 Å². The fourth-order valence-electron chi connectivity index (χ4n) is 1.92. The van der Waals surface area contributed by atoms with Crippen LogP contribution in [0.15, 0.2) is 22.7 Å². The van der Waals surface area contributed by atoms with E-state index in [1.54, 1.807) is 12.1 Å². The van der Waals surface area contributed by atoms with E-state index >= 15 is 0 Å². The maximum atomic E-state index is 12.9. The van der Waals surface area contributed by atoms with Crippen molar-refractivity contribution >= 4 is 32.5 Å². The van der Waals surface area contributed by atoms with E-state index in [0.717, 1.165) is 6.07 Å². The molecule has 0 saturated carbocycles.